The van der Waals surface area contributed by atoms with Gasteiger partial charge in [0.2, 0.25) is 0 Å². The molecule has 92 valence electrons. The zero-order valence-corrected chi connectivity index (χ0v) is 10.0. The van der Waals surface area contributed by atoms with Gasteiger partial charge in [0.25, 0.3) is 0 Å². The summed E-state index contributed by atoms with van der Waals surface area (Å²) in [7, 11) is 0. The van der Waals surface area contributed by atoms with Crippen LogP contribution in [-0.4, -0.2) is 23.5 Å². The second kappa shape index (κ2) is 6.03. The number of phenols is 1. The van der Waals surface area contributed by atoms with E-state index >= 15 is 0 Å². The molecule has 0 spiro atoms. The predicted molar refractivity (Wildman–Crippen MR) is 63.1 cm³/mol. The van der Waals surface area contributed by atoms with E-state index in [9.17, 15) is 14.7 Å². The Kier molecular flexibility index (Phi) is 4.69. The van der Waals surface area contributed by atoms with Crippen LogP contribution in [0.15, 0.2) is 18.2 Å². The second-order valence-corrected chi connectivity index (χ2v) is 3.57. The Balaban J connectivity index is 3.02. The highest BCUT2D eigenvalue weighted by Crippen LogP contribution is 2.23. The fourth-order valence-electron chi connectivity index (χ4n) is 1.60. The minimum atomic E-state index is -0.400. The molecule has 0 unspecified atom stereocenters. The summed E-state index contributed by atoms with van der Waals surface area (Å²) in [6.07, 6.45) is 0.288. The molecule has 0 heterocycles. The predicted octanol–water partition coefficient (Wildman–Crippen LogP) is 2.09. The van der Waals surface area contributed by atoms with Crippen molar-refractivity contribution in [3.63, 3.8) is 0 Å². The number of ether oxygens (including phenoxy) is 1. The molecule has 4 nitrogen and oxygen atoms in total. The highest BCUT2D eigenvalue weighted by Gasteiger charge is 2.16. The molecule has 1 rings (SSSR count). The van der Waals surface area contributed by atoms with Crippen LogP contribution in [0.1, 0.15) is 36.2 Å². The molecule has 1 N–H and O–H groups in total. The lowest BCUT2D eigenvalue weighted by atomic mass is 9.98. The van der Waals surface area contributed by atoms with Gasteiger partial charge in [-0.25, -0.2) is 0 Å². The van der Waals surface area contributed by atoms with Gasteiger partial charge in [0.1, 0.15) is 5.75 Å². The van der Waals surface area contributed by atoms with Crippen LogP contribution >= 0.6 is 0 Å². The van der Waals surface area contributed by atoms with Gasteiger partial charge in [-0.3, -0.25) is 9.59 Å². The molecule has 0 aromatic heterocycles. The van der Waals surface area contributed by atoms with Gasteiger partial charge in [-0.15, -0.1) is 0 Å². The lowest BCUT2D eigenvalue weighted by molar-refractivity contribution is -0.142. The van der Waals surface area contributed by atoms with Crippen LogP contribution < -0.4 is 0 Å². The van der Waals surface area contributed by atoms with E-state index in [1.165, 1.54) is 6.07 Å². The topological polar surface area (TPSA) is 63.6 Å². The van der Waals surface area contributed by atoms with Crippen molar-refractivity contribution in [2.75, 3.05) is 6.61 Å². The molecule has 0 aliphatic rings. The van der Waals surface area contributed by atoms with E-state index in [-0.39, 0.29) is 29.9 Å². The minimum Gasteiger partial charge on any atom is -0.507 e. The van der Waals surface area contributed by atoms with Crippen molar-refractivity contribution in [3.05, 3.63) is 29.3 Å². The van der Waals surface area contributed by atoms with E-state index in [0.717, 1.165) is 0 Å². The van der Waals surface area contributed by atoms with Gasteiger partial charge in [-0.05, 0) is 18.6 Å². The minimum absolute atomic E-state index is 0.00329. The molecule has 0 amide bonds. The van der Waals surface area contributed by atoms with Gasteiger partial charge in [0.05, 0.1) is 18.6 Å². The maximum absolute atomic E-state index is 11.7. The standard InChI is InChI=1S/C13H16O4/c1-3-10(14)13-9(6-5-7-11(13)15)8-12(16)17-4-2/h5-7,15H,3-4,8H2,1-2H3. The molecule has 0 fully saturated rings. The van der Waals surface area contributed by atoms with Crippen LogP contribution in [0.5, 0.6) is 5.75 Å². The lowest BCUT2D eigenvalue weighted by Crippen LogP contribution is -2.11. The molecule has 0 radical (unpaired) electrons. The molecular formula is C13H16O4. The summed E-state index contributed by atoms with van der Waals surface area (Å²) in [6, 6.07) is 4.70. The van der Waals surface area contributed by atoms with E-state index in [1.54, 1.807) is 26.0 Å². The highest BCUT2D eigenvalue weighted by atomic mass is 16.5. The van der Waals surface area contributed by atoms with Crippen molar-refractivity contribution in [1.82, 2.24) is 0 Å². The first kappa shape index (κ1) is 13.2. The summed E-state index contributed by atoms with van der Waals surface area (Å²) in [5.74, 6) is -0.663. The molecule has 0 atom stereocenters. The van der Waals surface area contributed by atoms with Gasteiger partial charge in [-0.2, -0.15) is 0 Å². The van der Waals surface area contributed by atoms with Crippen molar-refractivity contribution in [2.24, 2.45) is 0 Å². The molecule has 0 saturated heterocycles. The third kappa shape index (κ3) is 3.31. The van der Waals surface area contributed by atoms with E-state index in [1.807, 2.05) is 0 Å². The number of aromatic hydroxyl groups is 1. The Morgan fingerprint density at radius 2 is 2.00 bits per heavy atom. The zero-order valence-electron chi connectivity index (χ0n) is 10.0. The average Bonchev–Trinajstić information content (AvgIpc) is 2.28. The fraction of sp³-hybridized carbons (Fsp3) is 0.385. The summed E-state index contributed by atoms with van der Waals surface area (Å²) in [4.78, 5) is 23.1. The summed E-state index contributed by atoms with van der Waals surface area (Å²) in [5.41, 5.74) is 0.735. The summed E-state index contributed by atoms with van der Waals surface area (Å²) in [6.45, 7) is 3.73. The number of hydrogen-bond acceptors (Lipinski definition) is 4. The maximum atomic E-state index is 11.7. The van der Waals surface area contributed by atoms with Crippen molar-refractivity contribution in [1.29, 1.82) is 0 Å². The highest BCUT2D eigenvalue weighted by molar-refractivity contribution is 6.00. The van der Waals surface area contributed by atoms with Crippen LogP contribution in [-0.2, 0) is 16.0 Å². The monoisotopic (exact) mass is 236 g/mol. The number of rotatable bonds is 5. The normalized spacial score (nSPS) is 10.0. The number of Topliss-reactive ketones (excluding diaryl/α,β-unsaturated/α-hetero) is 1. The largest absolute Gasteiger partial charge is 0.507 e. The van der Waals surface area contributed by atoms with Crippen molar-refractivity contribution < 1.29 is 19.4 Å². The number of ketones is 1. The number of benzene rings is 1. The van der Waals surface area contributed by atoms with E-state index in [0.29, 0.717) is 12.2 Å². The summed E-state index contributed by atoms with van der Waals surface area (Å²) < 4.78 is 4.82. The molecule has 0 aliphatic heterocycles. The molecular weight excluding hydrogens is 220 g/mol. The lowest BCUT2D eigenvalue weighted by Gasteiger charge is -2.09. The Hall–Kier alpha value is -1.84. The van der Waals surface area contributed by atoms with Gasteiger partial charge < -0.3 is 9.84 Å². The Labute approximate surface area is 100 Å². The summed E-state index contributed by atoms with van der Waals surface area (Å²) in [5, 5.41) is 9.66. The maximum Gasteiger partial charge on any atom is 0.310 e. The van der Waals surface area contributed by atoms with Gasteiger partial charge in [0.15, 0.2) is 5.78 Å². The van der Waals surface area contributed by atoms with Crippen LogP contribution in [0.2, 0.25) is 0 Å². The molecule has 0 aliphatic carbocycles. The molecule has 17 heavy (non-hydrogen) atoms. The molecule has 1 aromatic carbocycles. The first-order chi connectivity index (χ1) is 8.10. The third-order valence-corrected chi connectivity index (χ3v) is 2.37. The number of phenolic OH excluding ortho intramolecular Hbond substituents is 1. The SMILES string of the molecule is CCOC(=O)Cc1cccc(O)c1C(=O)CC. The summed E-state index contributed by atoms with van der Waals surface area (Å²) >= 11 is 0. The first-order valence-electron chi connectivity index (χ1n) is 5.59. The van der Waals surface area contributed by atoms with Crippen molar-refractivity contribution in [2.45, 2.75) is 26.7 Å². The smallest absolute Gasteiger partial charge is 0.310 e. The average molecular weight is 236 g/mol. The van der Waals surface area contributed by atoms with Crippen LogP contribution in [0, 0.1) is 0 Å². The number of carbonyl (C=O) groups is 2. The number of hydrogen-bond donors (Lipinski definition) is 1. The zero-order chi connectivity index (χ0) is 12.8. The third-order valence-electron chi connectivity index (χ3n) is 2.37. The van der Waals surface area contributed by atoms with E-state index < -0.39 is 5.97 Å². The van der Waals surface area contributed by atoms with Gasteiger partial charge in [-0.1, -0.05) is 19.1 Å². The molecule has 4 heteroatoms. The van der Waals surface area contributed by atoms with Crippen LogP contribution in [0.4, 0.5) is 0 Å². The second-order valence-electron chi connectivity index (χ2n) is 3.57. The number of esters is 1. The van der Waals surface area contributed by atoms with Crippen molar-refractivity contribution in [3.8, 4) is 5.75 Å². The quantitative estimate of drug-likeness (QED) is 0.628. The Morgan fingerprint density at radius 3 is 2.59 bits per heavy atom. The Morgan fingerprint density at radius 1 is 1.29 bits per heavy atom. The van der Waals surface area contributed by atoms with Gasteiger partial charge >= 0.3 is 5.97 Å². The van der Waals surface area contributed by atoms with Crippen LogP contribution in [0.25, 0.3) is 0 Å². The molecule has 1 aromatic rings. The van der Waals surface area contributed by atoms with Gasteiger partial charge in [0, 0.05) is 6.42 Å². The first-order valence-corrected chi connectivity index (χ1v) is 5.59. The van der Waals surface area contributed by atoms with E-state index in [4.69, 9.17) is 4.74 Å². The van der Waals surface area contributed by atoms with Crippen molar-refractivity contribution >= 4 is 11.8 Å². The van der Waals surface area contributed by atoms with Crippen LogP contribution in [0.3, 0.4) is 0 Å². The molecule has 0 saturated carbocycles. The fourth-order valence-corrected chi connectivity index (χ4v) is 1.60. The number of carbonyl (C=O) groups excluding carboxylic acids is 2. The van der Waals surface area contributed by atoms with E-state index in [2.05, 4.69) is 0 Å². The molecule has 0 bridgehead atoms. The Bertz CT molecular complexity index is 423.